The van der Waals surface area contributed by atoms with Gasteiger partial charge in [0.25, 0.3) is 5.91 Å². The number of amides is 1. The van der Waals surface area contributed by atoms with Crippen molar-refractivity contribution >= 4 is 33.3 Å². The smallest absolute Gasteiger partial charge is 0.349 e. The van der Waals surface area contributed by atoms with Crippen molar-refractivity contribution < 1.29 is 9.21 Å². The Kier molecular flexibility index (Phi) is 4.76. The third-order valence-corrected chi connectivity index (χ3v) is 4.85. The van der Waals surface area contributed by atoms with Gasteiger partial charge in [0.05, 0.1) is 5.69 Å². The maximum absolute atomic E-state index is 12.4. The third kappa shape index (κ3) is 3.23. The number of fused-ring (bicyclic) bond motifs is 1. The van der Waals surface area contributed by atoms with Crippen LogP contribution in [-0.4, -0.2) is 10.9 Å². The standard InChI is InChI=1S/C18H18N2O3S/c1-3-7-13-15(4-2)24-18(19-13)20-16(21)12-10-11-8-5-6-9-14(11)23-17(12)22/h5-6,8-10H,3-4,7H2,1-2H3,(H,19,20,21). The SMILES string of the molecule is CCCc1nc(NC(=O)c2cc3ccccc3oc2=O)sc1CC. The number of benzene rings is 1. The first-order valence-electron chi connectivity index (χ1n) is 7.95. The molecule has 0 atom stereocenters. The number of nitrogens with zero attached hydrogens (tertiary/aromatic N) is 1. The molecule has 5 nitrogen and oxygen atoms in total. The predicted octanol–water partition coefficient (Wildman–Crippen LogP) is 4.02. The summed E-state index contributed by atoms with van der Waals surface area (Å²) >= 11 is 1.46. The summed E-state index contributed by atoms with van der Waals surface area (Å²) in [7, 11) is 0. The van der Waals surface area contributed by atoms with Crippen molar-refractivity contribution in [1.82, 2.24) is 4.98 Å². The van der Waals surface area contributed by atoms with Crippen LogP contribution in [0.1, 0.15) is 41.2 Å². The zero-order chi connectivity index (χ0) is 17.1. The van der Waals surface area contributed by atoms with Crippen molar-refractivity contribution in [3.8, 4) is 0 Å². The first-order valence-corrected chi connectivity index (χ1v) is 8.76. The van der Waals surface area contributed by atoms with E-state index in [2.05, 4.69) is 24.1 Å². The quantitative estimate of drug-likeness (QED) is 0.711. The van der Waals surface area contributed by atoms with Gasteiger partial charge in [-0.3, -0.25) is 10.1 Å². The fourth-order valence-electron chi connectivity index (χ4n) is 2.53. The monoisotopic (exact) mass is 342 g/mol. The van der Waals surface area contributed by atoms with E-state index in [0.29, 0.717) is 16.1 Å². The summed E-state index contributed by atoms with van der Waals surface area (Å²) in [6.45, 7) is 4.16. The summed E-state index contributed by atoms with van der Waals surface area (Å²) in [6, 6.07) is 8.66. The minimum Gasteiger partial charge on any atom is -0.422 e. The normalized spacial score (nSPS) is 10.9. The van der Waals surface area contributed by atoms with Crippen LogP contribution in [0.25, 0.3) is 11.0 Å². The largest absolute Gasteiger partial charge is 0.422 e. The Morgan fingerprint density at radius 3 is 2.83 bits per heavy atom. The summed E-state index contributed by atoms with van der Waals surface area (Å²) in [5, 5.41) is 3.96. The summed E-state index contributed by atoms with van der Waals surface area (Å²) in [5.74, 6) is -0.492. The Labute approximate surface area is 143 Å². The number of para-hydroxylation sites is 1. The molecule has 0 fully saturated rings. The topological polar surface area (TPSA) is 72.2 Å². The fourth-order valence-corrected chi connectivity index (χ4v) is 3.47. The molecule has 1 N–H and O–H groups in total. The first-order chi connectivity index (χ1) is 11.6. The van der Waals surface area contributed by atoms with Crippen molar-refractivity contribution in [2.45, 2.75) is 33.1 Å². The van der Waals surface area contributed by atoms with E-state index in [1.165, 1.54) is 11.3 Å². The summed E-state index contributed by atoms with van der Waals surface area (Å²) in [4.78, 5) is 30.1. The maximum atomic E-state index is 12.4. The lowest BCUT2D eigenvalue weighted by atomic mass is 10.2. The van der Waals surface area contributed by atoms with Crippen molar-refractivity contribution in [1.29, 1.82) is 0 Å². The highest BCUT2D eigenvalue weighted by molar-refractivity contribution is 7.15. The molecule has 1 aromatic carbocycles. The zero-order valence-electron chi connectivity index (χ0n) is 13.6. The highest BCUT2D eigenvalue weighted by Crippen LogP contribution is 2.25. The van der Waals surface area contributed by atoms with E-state index in [4.69, 9.17) is 4.42 Å². The predicted molar refractivity (Wildman–Crippen MR) is 95.9 cm³/mol. The fraction of sp³-hybridized carbons (Fsp3) is 0.278. The van der Waals surface area contributed by atoms with E-state index in [0.717, 1.165) is 29.8 Å². The number of aromatic nitrogens is 1. The highest BCUT2D eigenvalue weighted by atomic mass is 32.1. The zero-order valence-corrected chi connectivity index (χ0v) is 14.4. The molecule has 24 heavy (non-hydrogen) atoms. The second-order valence-electron chi connectivity index (χ2n) is 5.43. The average molecular weight is 342 g/mol. The van der Waals surface area contributed by atoms with Gasteiger partial charge >= 0.3 is 5.63 Å². The minimum atomic E-state index is -0.646. The van der Waals surface area contributed by atoms with E-state index >= 15 is 0 Å². The third-order valence-electron chi connectivity index (χ3n) is 3.69. The molecular weight excluding hydrogens is 324 g/mol. The van der Waals surface area contributed by atoms with Gasteiger partial charge in [-0.1, -0.05) is 38.5 Å². The second-order valence-corrected chi connectivity index (χ2v) is 6.52. The molecule has 2 aromatic heterocycles. The number of nitrogens with one attached hydrogen (secondary N) is 1. The average Bonchev–Trinajstić information content (AvgIpc) is 2.96. The van der Waals surface area contributed by atoms with Crippen LogP contribution in [0.3, 0.4) is 0 Å². The lowest BCUT2D eigenvalue weighted by Crippen LogP contribution is -2.20. The van der Waals surface area contributed by atoms with Crippen LogP contribution in [0.2, 0.25) is 0 Å². The molecule has 0 bridgehead atoms. The number of hydrogen-bond acceptors (Lipinski definition) is 5. The molecule has 0 radical (unpaired) electrons. The Morgan fingerprint density at radius 2 is 2.08 bits per heavy atom. The molecule has 2 heterocycles. The molecule has 0 aliphatic rings. The first kappa shape index (κ1) is 16.4. The van der Waals surface area contributed by atoms with Crippen molar-refractivity contribution in [3.63, 3.8) is 0 Å². The maximum Gasteiger partial charge on any atom is 0.349 e. The van der Waals surface area contributed by atoms with Crippen LogP contribution in [0.15, 0.2) is 39.5 Å². The number of carbonyl (C=O) groups is 1. The Bertz CT molecular complexity index is 943. The Balaban J connectivity index is 1.90. The van der Waals surface area contributed by atoms with Gasteiger partial charge < -0.3 is 4.42 Å². The van der Waals surface area contributed by atoms with Gasteiger partial charge in [0.1, 0.15) is 11.1 Å². The van der Waals surface area contributed by atoms with Crippen LogP contribution in [-0.2, 0) is 12.8 Å². The molecule has 1 amide bonds. The molecule has 3 rings (SSSR count). The van der Waals surface area contributed by atoms with E-state index in [9.17, 15) is 9.59 Å². The molecule has 124 valence electrons. The summed E-state index contributed by atoms with van der Waals surface area (Å²) in [6.07, 6.45) is 2.76. The number of aryl methyl sites for hydroxylation is 2. The second kappa shape index (κ2) is 6.97. The molecule has 0 unspecified atom stereocenters. The molecule has 0 saturated carbocycles. The molecule has 0 aliphatic heterocycles. The Hall–Kier alpha value is -2.47. The van der Waals surface area contributed by atoms with Crippen LogP contribution in [0.5, 0.6) is 0 Å². The van der Waals surface area contributed by atoms with Crippen LogP contribution in [0.4, 0.5) is 5.13 Å². The van der Waals surface area contributed by atoms with E-state index < -0.39 is 11.5 Å². The number of hydrogen-bond donors (Lipinski definition) is 1. The summed E-state index contributed by atoms with van der Waals surface area (Å²) < 4.78 is 5.21. The molecule has 0 aliphatic carbocycles. The highest BCUT2D eigenvalue weighted by Gasteiger charge is 2.17. The van der Waals surface area contributed by atoms with Crippen LogP contribution in [0, 0.1) is 0 Å². The van der Waals surface area contributed by atoms with E-state index in [1.54, 1.807) is 24.3 Å². The van der Waals surface area contributed by atoms with Gasteiger partial charge in [-0.15, -0.1) is 11.3 Å². The van der Waals surface area contributed by atoms with Gasteiger partial charge in [-0.05, 0) is 25.0 Å². The Morgan fingerprint density at radius 1 is 1.29 bits per heavy atom. The molecular formula is C18H18N2O3S. The van der Waals surface area contributed by atoms with Gasteiger partial charge in [0.15, 0.2) is 5.13 Å². The van der Waals surface area contributed by atoms with Crippen LogP contribution < -0.4 is 10.9 Å². The molecule has 3 aromatic rings. The molecule has 0 saturated heterocycles. The van der Waals surface area contributed by atoms with Crippen molar-refractivity contribution in [2.75, 3.05) is 5.32 Å². The van der Waals surface area contributed by atoms with Gasteiger partial charge in [-0.25, -0.2) is 9.78 Å². The van der Waals surface area contributed by atoms with Crippen LogP contribution >= 0.6 is 11.3 Å². The van der Waals surface area contributed by atoms with E-state index in [1.807, 2.05) is 6.07 Å². The number of thiazole rings is 1. The summed E-state index contributed by atoms with van der Waals surface area (Å²) in [5.41, 5.74) is 0.823. The lowest BCUT2D eigenvalue weighted by Gasteiger charge is -2.02. The molecule has 0 spiro atoms. The lowest BCUT2D eigenvalue weighted by molar-refractivity contribution is 0.102. The van der Waals surface area contributed by atoms with Gasteiger partial charge in [0, 0.05) is 10.3 Å². The van der Waals surface area contributed by atoms with Crippen molar-refractivity contribution in [3.05, 3.63) is 56.9 Å². The van der Waals surface area contributed by atoms with Gasteiger partial charge in [-0.2, -0.15) is 0 Å². The molecule has 6 heteroatoms. The van der Waals surface area contributed by atoms with E-state index in [-0.39, 0.29) is 5.56 Å². The van der Waals surface area contributed by atoms with Gasteiger partial charge in [0.2, 0.25) is 0 Å². The van der Waals surface area contributed by atoms with Crippen molar-refractivity contribution in [2.24, 2.45) is 0 Å². The number of carbonyl (C=O) groups excluding carboxylic acids is 1. The number of anilines is 1. The number of rotatable bonds is 5. The minimum absolute atomic E-state index is 0.0148.